The summed E-state index contributed by atoms with van der Waals surface area (Å²) in [6.07, 6.45) is 0. The summed E-state index contributed by atoms with van der Waals surface area (Å²) in [6, 6.07) is 7.02. The maximum absolute atomic E-state index is 9.47. The lowest BCUT2D eigenvalue weighted by molar-refractivity contribution is 0.481. The van der Waals surface area contributed by atoms with Gasteiger partial charge in [-0.3, -0.25) is 0 Å². The third-order valence-electron chi connectivity index (χ3n) is 1.75. The number of thiophene rings is 1. The van der Waals surface area contributed by atoms with Crippen molar-refractivity contribution in [3.63, 3.8) is 0 Å². The minimum atomic E-state index is 0.200. The molecule has 13 heavy (non-hydrogen) atoms. The molecule has 0 bridgehead atoms. The Balaban J connectivity index is 2.90. The number of hydrogen-bond donors (Lipinski definition) is 2. The zero-order valence-corrected chi connectivity index (χ0v) is 8.19. The van der Waals surface area contributed by atoms with E-state index in [1.807, 2.05) is 6.07 Å². The number of phenols is 1. The Morgan fingerprint density at radius 1 is 1.46 bits per heavy atom. The molecule has 0 amide bonds. The molecule has 0 fully saturated rings. The summed E-state index contributed by atoms with van der Waals surface area (Å²) in [5.74, 6) is 0.200. The van der Waals surface area contributed by atoms with Gasteiger partial charge < -0.3 is 5.11 Å². The Hall–Kier alpha value is -1.18. The molecule has 0 saturated heterocycles. The van der Waals surface area contributed by atoms with E-state index in [-0.39, 0.29) is 5.75 Å². The van der Waals surface area contributed by atoms with Gasteiger partial charge in [-0.15, -0.1) is 24.0 Å². The van der Waals surface area contributed by atoms with Crippen LogP contribution < -0.4 is 0 Å². The van der Waals surface area contributed by atoms with Crippen LogP contribution in [0.25, 0.3) is 10.1 Å². The molecular formula is C9H5NOS2. The Morgan fingerprint density at radius 2 is 2.23 bits per heavy atom. The molecule has 0 atom stereocenters. The fourth-order valence-corrected chi connectivity index (χ4v) is 2.37. The van der Waals surface area contributed by atoms with Crippen LogP contribution in [0.1, 0.15) is 4.88 Å². The van der Waals surface area contributed by atoms with Crippen LogP contribution in [0.4, 0.5) is 0 Å². The molecule has 0 aliphatic carbocycles. The van der Waals surface area contributed by atoms with Crippen molar-refractivity contribution < 1.29 is 5.11 Å². The first-order chi connectivity index (χ1) is 6.22. The lowest BCUT2D eigenvalue weighted by Gasteiger charge is -1.95. The third kappa shape index (κ3) is 1.26. The molecule has 0 radical (unpaired) electrons. The van der Waals surface area contributed by atoms with Crippen LogP contribution in [0.2, 0.25) is 0 Å². The zero-order valence-electron chi connectivity index (χ0n) is 6.48. The number of thiol groups is 1. The van der Waals surface area contributed by atoms with Crippen molar-refractivity contribution in [2.24, 2.45) is 0 Å². The minimum absolute atomic E-state index is 0.200. The first-order valence-electron chi connectivity index (χ1n) is 3.57. The van der Waals surface area contributed by atoms with Crippen molar-refractivity contribution in [3.05, 3.63) is 23.1 Å². The highest BCUT2D eigenvalue weighted by atomic mass is 32.1. The van der Waals surface area contributed by atoms with Crippen LogP contribution in [0.3, 0.4) is 0 Å². The van der Waals surface area contributed by atoms with Crippen LogP contribution in [0.5, 0.6) is 5.75 Å². The molecule has 1 heterocycles. The van der Waals surface area contributed by atoms with Gasteiger partial charge in [0.1, 0.15) is 16.7 Å². The van der Waals surface area contributed by atoms with Gasteiger partial charge >= 0.3 is 0 Å². The number of phenolic OH excluding ortho intramolecular Hbond substituents is 1. The van der Waals surface area contributed by atoms with Gasteiger partial charge in [-0.2, -0.15) is 5.26 Å². The second-order valence-corrected chi connectivity index (χ2v) is 4.10. The highest BCUT2D eigenvalue weighted by Gasteiger charge is 2.07. The first-order valence-corrected chi connectivity index (χ1v) is 4.83. The highest BCUT2D eigenvalue weighted by Crippen LogP contribution is 2.35. The Kier molecular flexibility index (Phi) is 1.91. The maximum Gasteiger partial charge on any atom is 0.124 e. The molecule has 1 N–H and O–H groups in total. The Bertz CT molecular complexity index is 471. The van der Waals surface area contributed by atoms with E-state index in [0.717, 1.165) is 9.60 Å². The summed E-state index contributed by atoms with van der Waals surface area (Å²) in [7, 11) is 0. The smallest absolute Gasteiger partial charge is 0.124 e. The van der Waals surface area contributed by atoms with Gasteiger partial charge in [0.25, 0.3) is 0 Å². The molecule has 0 aliphatic heterocycles. The van der Waals surface area contributed by atoms with E-state index in [1.165, 1.54) is 11.3 Å². The van der Waals surface area contributed by atoms with Crippen LogP contribution >= 0.6 is 24.0 Å². The summed E-state index contributed by atoms with van der Waals surface area (Å²) in [6.45, 7) is 0. The summed E-state index contributed by atoms with van der Waals surface area (Å²) in [5, 5.41) is 18.8. The van der Waals surface area contributed by atoms with Gasteiger partial charge in [0.2, 0.25) is 0 Å². The predicted octanol–water partition coefficient (Wildman–Crippen LogP) is 2.77. The van der Waals surface area contributed by atoms with Crippen LogP contribution in [-0.2, 0) is 0 Å². The van der Waals surface area contributed by atoms with Gasteiger partial charge in [-0.25, -0.2) is 0 Å². The number of nitriles is 1. The number of aromatic hydroxyl groups is 1. The van der Waals surface area contributed by atoms with E-state index in [0.29, 0.717) is 10.3 Å². The first kappa shape index (κ1) is 8.42. The second kappa shape index (κ2) is 2.95. The third-order valence-corrected chi connectivity index (χ3v) is 3.35. The lowest BCUT2D eigenvalue weighted by Crippen LogP contribution is -1.68. The van der Waals surface area contributed by atoms with E-state index >= 15 is 0 Å². The van der Waals surface area contributed by atoms with Crippen molar-refractivity contribution in [2.45, 2.75) is 4.90 Å². The zero-order chi connectivity index (χ0) is 9.42. The quantitative estimate of drug-likeness (QED) is 0.652. The fourth-order valence-electron chi connectivity index (χ4n) is 1.15. The molecule has 1 aromatic heterocycles. The number of nitrogens with zero attached hydrogens (tertiary/aromatic N) is 1. The van der Waals surface area contributed by atoms with Crippen molar-refractivity contribution >= 4 is 34.1 Å². The predicted molar refractivity (Wildman–Crippen MR) is 55.5 cm³/mol. The van der Waals surface area contributed by atoms with Gasteiger partial charge in [-0.05, 0) is 18.2 Å². The van der Waals surface area contributed by atoms with Crippen LogP contribution in [0, 0.1) is 11.3 Å². The summed E-state index contributed by atoms with van der Waals surface area (Å²) < 4.78 is 0.861. The lowest BCUT2D eigenvalue weighted by atomic mass is 10.2. The summed E-state index contributed by atoms with van der Waals surface area (Å²) in [4.78, 5) is 1.38. The SMILES string of the molecule is N#Cc1cc2c(O)ccc(S)c2s1. The average molecular weight is 207 g/mol. The minimum Gasteiger partial charge on any atom is -0.507 e. The van der Waals surface area contributed by atoms with Gasteiger partial charge in [-0.1, -0.05) is 0 Å². The molecule has 0 unspecified atom stereocenters. The topological polar surface area (TPSA) is 44.0 Å². The molecular weight excluding hydrogens is 202 g/mol. The van der Waals surface area contributed by atoms with Gasteiger partial charge in [0.15, 0.2) is 0 Å². The van der Waals surface area contributed by atoms with Crippen LogP contribution in [0.15, 0.2) is 23.1 Å². The van der Waals surface area contributed by atoms with Gasteiger partial charge in [0, 0.05) is 10.3 Å². The molecule has 1 aromatic carbocycles. The van der Waals surface area contributed by atoms with E-state index in [2.05, 4.69) is 12.6 Å². The Morgan fingerprint density at radius 3 is 2.85 bits per heavy atom. The van der Waals surface area contributed by atoms with E-state index < -0.39 is 0 Å². The largest absolute Gasteiger partial charge is 0.507 e. The van der Waals surface area contributed by atoms with E-state index in [4.69, 9.17) is 5.26 Å². The molecule has 64 valence electrons. The molecule has 0 saturated carbocycles. The summed E-state index contributed by atoms with van der Waals surface area (Å²) in [5.41, 5.74) is 0. The average Bonchev–Trinajstić information content (AvgIpc) is 2.56. The maximum atomic E-state index is 9.47. The fraction of sp³-hybridized carbons (Fsp3) is 0. The van der Waals surface area contributed by atoms with Crippen molar-refractivity contribution in [2.75, 3.05) is 0 Å². The standard InChI is InChI=1S/C9H5NOS2/c10-4-5-3-6-7(11)1-2-8(12)9(6)13-5/h1-3,11-12H. The van der Waals surface area contributed by atoms with Crippen molar-refractivity contribution in [1.29, 1.82) is 5.26 Å². The monoisotopic (exact) mass is 207 g/mol. The Labute approximate surface area is 84.5 Å². The van der Waals surface area contributed by atoms with Crippen molar-refractivity contribution in [1.82, 2.24) is 0 Å². The number of benzene rings is 1. The van der Waals surface area contributed by atoms with E-state index in [9.17, 15) is 5.11 Å². The van der Waals surface area contributed by atoms with E-state index in [1.54, 1.807) is 18.2 Å². The number of fused-ring (bicyclic) bond motifs is 1. The van der Waals surface area contributed by atoms with Crippen molar-refractivity contribution in [3.8, 4) is 11.8 Å². The van der Waals surface area contributed by atoms with Gasteiger partial charge in [0.05, 0.1) is 4.70 Å². The normalized spacial score (nSPS) is 10.2. The van der Waals surface area contributed by atoms with Crippen LogP contribution in [-0.4, -0.2) is 5.11 Å². The molecule has 2 aromatic rings. The molecule has 2 rings (SSSR count). The second-order valence-electron chi connectivity index (χ2n) is 2.57. The molecule has 0 spiro atoms. The molecule has 0 aliphatic rings. The molecule has 4 heteroatoms. The molecule has 2 nitrogen and oxygen atoms in total. The number of rotatable bonds is 0. The summed E-state index contributed by atoms with van der Waals surface area (Å²) >= 11 is 5.58. The highest BCUT2D eigenvalue weighted by molar-refractivity contribution is 7.80. The number of hydrogen-bond acceptors (Lipinski definition) is 4.